The monoisotopic (exact) mass is 302 g/mol. The number of esters is 1. The quantitative estimate of drug-likeness (QED) is 0.586. The van der Waals surface area contributed by atoms with E-state index in [9.17, 15) is 4.79 Å². The van der Waals surface area contributed by atoms with Crippen molar-refractivity contribution >= 4 is 23.8 Å². The van der Waals surface area contributed by atoms with Crippen LogP contribution in [0.15, 0.2) is 29.3 Å². The van der Waals surface area contributed by atoms with Crippen molar-refractivity contribution in [1.29, 1.82) is 0 Å². The van der Waals surface area contributed by atoms with Crippen molar-refractivity contribution in [1.82, 2.24) is 20.2 Å². The topological polar surface area (TPSA) is 85.5 Å². The zero-order chi connectivity index (χ0) is 15.9. The number of rotatable bonds is 6. The highest BCUT2D eigenvalue weighted by molar-refractivity contribution is 5.82. The second-order valence-corrected chi connectivity index (χ2v) is 4.69. The third-order valence-corrected chi connectivity index (χ3v) is 2.84. The Hall–Kier alpha value is -2.77. The summed E-state index contributed by atoms with van der Waals surface area (Å²) in [5.74, 6) is -0.147. The molecule has 8 heteroatoms. The van der Waals surface area contributed by atoms with Gasteiger partial charge in [0, 0.05) is 26.0 Å². The highest BCUT2D eigenvalue weighted by Crippen LogP contribution is 2.12. The number of tetrazole rings is 1. The summed E-state index contributed by atoms with van der Waals surface area (Å²) in [6.07, 6.45) is 1.65. The Kier molecular flexibility index (Phi) is 5.18. The first kappa shape index (κ1) is 15.6. The number of hydrogen-bond acceptors (Lipinski definition) is 7. The van der Waals surface area contributed by atoms with Crippen molar-refractivity contribution in [2.24, 2.45) is 4.99 Å². The van der Waals surface area contributed by atoms with E-state index in [-0.39, 0.29) is 12.5 Å². The van der Waals surface area contributed by atoms with E-state index in [1.165, 1.54) is 4.68 Å². The summed E-state index contributed by atoms with van der Waals surface area (Å²) in [4.78, 5) is 17.7. The first-order valence-electron chi connectivity index (χ1n) is 6.83. The molecule has 0 aliphatic carbocycles. The average Bonchev–Trinajstić information content (AvgIpc) is 2.93. The van der Waals surface area contributed by atoms with Crippen molar-refractivity contribution in [3.05, 3.63) is 29.8 Å². The molecule has 0 spiro atoms. The molecule has 2 aromatic rings. The molecule has 1 aromatic heterocycles. The molecule has 2 rings (SSSR count). The molecule has 0 unspecified atom stereocenters. The Morgan fingerprint density at radius 1 is 1.36 bits per heavy atom. The summed E-state index contributed by atoms with van der Waals surface area (Å²) < 4.78 is 6.15. The fourth-order valence-corrected chi connectivity index (χ4v) is 1.71. The molecule has 0 fully saturated rings. The van der Waals surface area contributed by atoms with Gasteiger partial charge in [0.15, 0.2) is 0 Å². The van der Waals surface area contributed by atoms with Crippen LogP contribution in [0.4, 0.5) is 11.6 Å². The summed E-state index contributed by atoms with van der Waals surface area (Å²) in [5.41, 5.74) is 2.01. The predicted octanol–water partition coefficient (Wildman–Crippen LogP) is 1.05. The van der Waals surface area contributed by atoms with Gasteiger partial charge < -0.3 is 9.64 Å². The third-order valence-electron chi connectivity index (χ3n) is 2.84. The third kappa shape index (κ3) is 4.11. The van der Waals surface area contributed by atoms with Gasteiger partial charge in [-0.15, -0.1) is 0 Å². The normalized spacial score (nSPS) is 10.9. The van der Waals surface area contributed by atoms with E-state index in [2.05, 4.69) is 20.5 Å². The maximum absolute atomic E-state index is 11.4. The van der Waals surface area contributed by atoms with Crippen LogP contribution in [0.25, 0.3) is 0 Å². The lowest BCUT2D eigenvalue weighted by atomic mass is 10.2. The van der Waals surface area contributed by atoms with Crippen molar-refractivity contribution < 1.29 is 9.53 Å². The van der Waals surface area contributed by atoms with Crippen LogP contribution in [-0.4, -0.2) is 53.1 Å². The van der Waals surface area contributed by atoms with Gasteiger partial charge in [-0.05, 0) is 35.0 Å². The Balaban J connectivity index is 2.07. The van der Waals surface area contributed by atoms with E-state index in [1.807, 2.05) is 43.3 Å². The molecule has 0 N–H and O–H groups in total. The maximum atomic E-state index is 11.4. The Labute approximate surface area is 128 Å². The van der Waals surface area contributed by atoms with Crippen molar-refractivity contribution in [2.75, 3.05) is 25.6 Å². The molecule has 8 nitrogen and oxygen atoms in total. The summed E-state index contributed by atoms with van der Waals surface area (Å²) in [5, 5.41) is 11.0. The smallest absolute Gasteiger partial charge is 0.327 e. The minimum absolute atomic E-state index is 0.0624. The zero-order valence-corrected chi connectivity index (χ0v) is 12.8. The predicted molar refractivity (Wildman–Crippen MR) is 82.5 cm³/mol. The van der Waals surface area contributed by atoms with Crippen LogP contribution in [0.3, 0.4) is 0 Å². The number of ether oxygens (including phenoxy) is 1. The van der Waals surface area contributed by atoms with Crippen LogP contribution >= 0.6 is 0 Å². The highest BCUT2D eigenvalue weighted by Gasteiger charge is 2.09. The number of nitrogens with zero attached hydrogens (tertiary/aromatic N) is 6. The molecular formula is C14H18N6O2. The maximum Gasteiger partial charge on any atom is 0.327 e. The van der Waals surface area contributed by atoms with Gasteiger partial charge in [0.2, 0.25) is 0 Å². The van der Waals surface area contributed by atoms with Gasteiger partial charge in [0.25, 0.3) is 5.95 Å². The van der Waals surface area contributed by atoms with Crippen LogP contribution in [0, 0.1) is 0 Å². The lowest BCUT2D eigenvalue weighted by molar-refractivity contribution is -0.144. The number of benzene rings is 1. The molecule has 0 aliphatic heterocycles. The summed E-state index contributed by atoms with van der Waals surface area (Å²) in [7, 11) is 3.96. The second-order valence-electron chi connectivity index (χ2n) is 4.69. The first-order valence-corrected chi connectivity index (χ1v) is 6.83. The van der Waals surface area contributed by atoms with E-state index in [0.717, 1.165) is 11.3 Å². The van der Waals surface area contributed by atoms with Crippen molar-refractivity contribution in [3.63, 3.8) is 0 Å². The van der Waals surface area contributed by atoms with Crippen LogP contribution < -0.4 is 4.90 Å². The number of hydrogen-bond donors (Lipinski definition) is 0. The van der Waals surface area contributed by atoms with E-state index >= 15 is 0 Å². The summed E-state index contributed by atoms with van der Waals surface area (Å²) in [6.45, 7) is 2.00. The largest absolute Gasteiger partial charge is 0.465 e. The molecule has 116 valence electrons. The molecule has 0 amide bonds. The zero-order valence-electron chi connectivity index (χ0n) is 12.8. The Morgan fingerprint density at radius 3 is 2.73 bits per heavy atom. The number of anilines is 1. The van der Waals surface area contributed by atoms with Gasteiger partial charge in [0.1, 0.15) is 6.54 Å². The van der Waals surface area contributed by atoms with Crippen molar-refractivity contribution in [3.8, 4) is 0 Å². The van der Waals surface area contributed by atoms with Crippen molar-refractivity contribution in [2.45, 2.75) is 13.5 Å². The van der Waals surface area contributed by atoms with Gasteiger partial charge in [-0.25, -0.2) is 4.99 Å². The number of aliphatic imine (C=N–C) groups is 1. The van der Waals surface area contributed by atoms with E-state index in [0.29, 0.717) is 6.61 Å². The fraction of sp³-hybridized carbons (Fsp3) is 0.357. The molecule has 0 aliphatic rings. The fourth-order valence-electron chi connectivity index (χ4n) is 1.71. The number of aromatic nitrogens is 4. The van der Waals surface area contributed by atoms with Crippen LogP contribution in [0.2, 0.25) is 0 Å². The number of carbonyl (C=O) groups excluding carboxylic acids is 1. The van der Waals surface area contributed by atoms with Gasteiger partial charge >= 0.3 is 5.97 Å². The molecular weight excluding hydrogens is 284 g/mol. The van der Waals surface area contributed by atoms with Crippen LogP contribution in [0.1, 0.15) is 12.5 Å². The summed E-state index contributed by atoms with van der Waals surface area (Å²) in [6, 6.07) is 7.86. The molecule has 0 saturated heterocycles. The lowest BCUT2D eigenvalue weighted by Crippen LogP contribution is -2.14. The average molecular weight is 302 g/mol. The molecule has 1 heterocycles. The molecule has 1 aromatic carbocycles. The Morgan fingerprint density at radius 2 is 2.09 bits per heavy atom. The molecule has 0 radical (unpaired) electrons. The SMILES string of the molecule is CCOC(=O)Cn1nnnc1/N=C\c1ccc(N(C)C)cc1. The lowest BCUT2D eigenvalue weighted by Gasteiger charge is -2.11. The number of carbonyl (C=O) groups is 1. The minimum atomic E-state index is -0.401. The molecule has 22 heavy (non-hydrogen) atoms. The van der Waals surface area contributed by atoms with E-state index in [1.54, 1.807) is 13.1 Å². The molecule has 0 saturated carbocycles. The van der Waals surface area contributed by atoms with Gasteiger partial charge in [-0.1, -0.05) is 17.2 Å². The van der Waals surface area contributed by atoms with Crippen LogP contribution in [-0.2, 0) is 16.1 Å². The van der Waals surface area contributed by atoms with Gasteiger partial charge in [0.05, 0.1) is 6.61 Å². The van der Waals surface area contributed by atoms with Gasteiger partial charge in [-0.2, -0.15) is 4.68 Å². The van der Waals surface area contributed by atoms with E-state index in [4.69, 9.17) is 4.74 Å². The first-order chi connectivity index (χ1) is 10.6. The van der Waals surface area contributed by atoms with Gasteiger partial charge in [-0.3, -0.25) is 4.79 Å². The minimum Gasteiger partial charge on any atom is -0.465 e. The second kappa shape index (κ2) is 7.30. The van der Waals surface area contributed by atoms with Crippen LogP contribution in [0.5, 0.6) is 0 Å². The summed E-state index contributed by atoms with van der Waals surface area (Å²) >= 11 is 0. The standard InChI is InChI=1S/C14H18N6O2/c1-4-22-13(21)10-20-14(16-17-18-20)15-9-11-5-7-12(8-6-11)19(2)3/h5-9H,4,10H2,1-3H3/b15-9-. The van der Waals surface area contributed by atoms with E-state index < -0.39 is 5.97 Å². The molecule has 0 bridgehead atoms. The highest BCUT2D eigenvalue weighted by atomic mass is 16.5. The molecule has 0 atom stereocenters. The Bertz CT molecular complexity index is 648.